The summed E-state index contributed by atoms with van der Waals surface area (Å²) in [6, 6.07) is 11.3. The van der Waals surface area contributed by atoms with Gasteiger partial charge in [0.05, 0.1) is 0 Å². The maximum atomic E-state index is 3.60. The quantitative estimate of drug-likeness (QED) is 0.573. The zero-order valence-corrected chi connectivity index (χ0v) is 10.8. The fraction of sp³-hybridized carbons (Fsp3) is 0.571. The van der Waals surface area contributed by atoms with Crippen molar-refractivity contribution in [3.63, 3.8) is 0 Å². The molecule has 1 aliphatic carbocycles. The van der Waals surface area contributed by atoms with Crippen molar-refractivity contribution in [3.05, 3.63) is 30.3 Å². The van der Waals surface area contributed by atoms with E-state index in [1.165, 1.54) is 29.9 Å². The van der Waals surface area contributed by atoms with E-state index in [1.54, 1.807) is 0 Å². The largest absolute Gasteiger partial charge is 0.313 e. The van der Waals surface area contributed by atoms with E-state index in [9.17, 15) is 0 Å². The number of benzene rings is 1. The maximum absolute atomic E-state index is 3.60. The number of thioether (sulfide) groups is 1. The molecule has 0 saturated heterocycles. The van der Waals surface area contributed by atoms with Crippen LogP contribution >= 0.6 is 11.8 Å². The topological polar surface area (TPSA) is 12.0 Å². The van der Waals surface area contributed by atoms with E-state index in [1.807, 2.05) is 11.8 Å². The number of rotatable bonds is 7. The van der Waals surface area contributed by atoms with Gasteiger partial charge in [0.1, 0.15) is 0 Å². The molecule has 1 nitrogen and oxygen atoms in total. The number of nitrogens with one attached hydrogen (secondary N) is 1. The van der Waals surface area contributed by atoms with Crippen LogP contribution in [0.3, 0.4) is 0 Å². The zero-order chi connectivity index (χ0) is 11.2. The summed E-state index contributed by atoms with van der Waals surface area (Å²) >= 11 is 1.93. The fourth-order valence-electron chi connectivity index (χ4n) is 1.93. The van der Waals surface area contributed by atoms with Gasteiger partial charge in [0.15, 0.2) is 0 Å². The summed E-state index contributed by atoms with van der Waals surface area (Å²) in [5.41, 5.74) is 0. The molecule has 2 heteroatoms. The Bertz CT molecular complexity index is 295. The van der Waals surface area contributed by atoms with Gasteiger partial charge in [-0.05, 0) is 31.4 Å². The molecular formula is C14H21NS. The standard InChI is InChI=1S/C14H21NS/c1-12(11-13-7-8-13)15-9-10-16-14-5-3-2-4-6-14/h2-6,12-13,15H,7-11H2,1H3. The predicted molar refractivity (Wildman–Crippen MR) is 72.0 cm³/mol. The molecule has 0 aromatic heterocycles. The molecule has 1 unspecified atom stereocenters. The minimum atomic E-state index is 0.698. The van der Waals surface area contributed by atoms with Gasteiger partial charge in [0.25, 0.3) is 0 Å². The lowest BCUT2D eigenvalue weighted by Crippen LogP contribution is -2.28. The van der Waals surface area contributed by atoms with E-state index in [2.05, 4.69) is 42.6 Å². The van der Waals surface area contributed by atoms with Crippen molar-refractivity contribution in [1.82, 2.24) is 5.32 Å². The van der Waals surface area contributed by atoms with Crippen LogP contribution in [0.4, 0.5) is 0 Å². The van der Waals surface area contributed by atoms with Crippen molar-refractivity contribution in [3.8, 4) is 0 Å². The Morgan fingerprint density at radius 2 is 2.06 bits per heavy atom. The van der Waals surface area contributed by atoms with E-state index >= 15 is 0 Å². The first-order chi connectivity index (χ1) is 7.84. The second kappa shape index (κ2) is 6.31. The molecule has 0 spiro atoms. The Labute approximate surface area is 103 Å². The van der Waals surface area contributed by atoms with Crippen molar-refractivity contribution in [2.24, 2.45) is 5.92 Å². The Hall–Kier alpha value is -0.470. The van der Waals surface area contributed by atoms with Crippen molar-refractivity contribution < 1.29 is 0 Å². The summed E-state index contributed by atoms with van der Waals surface area (Å²) in [5, 5.41) is 3.60. The number of hydrogen-bond donors (Lipinski definition) is 1. The Morgan fingerprint density at radius 1 is 1.31 bits per heavy atom. The summed E-state index contributed by atoms with van der Waals surface area (Å²) in [6.45, 7) is 3.43. The second-order valence-electron chi connectivity index (χ2n) is 4.70. The van der Waals surface area contributed by atoms with E-state index in [4.69, 9.17) is 0 Å². The van der Waals surface area contributed by atoms with Gasteiger partial charge in [0.2, 0.25) is 0 Å². The van der Waals surface area contributed by atoms with Crippen LogP contribution in [0.1, 0.15) is 26.2 Å². The lowest BCUT2D eigenvalue weighted by molar-refractivity contribution is 0.503. The predicted octanol–water partition coefficient (Wildman–Crippen LogP) is 3.56. The summed E-state index contributed by atoms with van der Waals surface area (Å²) in [7, 11) is 0. The number of hydrogen-bond acceptors (Lipinski definition) is 2. The highest BCUT2D eigenvalue weighted by Crippen LogP contribution is 2.33. The van der Waals surface area contributed by atoms with Gasteiger partial charge in [-0.1, -0.05) is 31.0 Å². The maximum Gasteiger partial charge on any atom is 0.0106 e. The third kappa shape index (κ3) is 4.58. The molecule has 88 valence electrons. The highest BCUT2D eigenvalue weighted by Gasteiger charge is 2.22. The molecule has 1 aromatic rings. The molecule has 0 heterocycles. The van der Waals surface area contributed by atoms with Gasteiger partial charge in [-0.2, -0.15) is 0 Å². The van der Waals surface area contributed by atoms with E-state index in [0.29, 0.717) is 6.04 Å². The Kier molecular flexibility index (Phi) is 4.73. The van der Waals surface area contributed by atoms with Crippen molar-refractivity contribution in [1.29, 1.82) is 0 Å². The summed E-state index contributed by atoms with van der Waals surface area (Å²) in [5.74, 6) is 2.20. The molecule has 0 aliphatic heterocycles. The second-order valence-corrected chi connectivity index (χ2v) is 5.86. The molecule has 0 radical (unpaired) electrons. The van der Waals surface area contributed by atoms with Crippen LogP contribution in [0, 0.1) is 5.92 Å². The Morgan fingerprint density at radius 3 is 2.75 bits per heavy atom. The first kappa shape index (κ1) is 12.0. The highest BCUT2D eigenvalue weighted by atomic mass is 32.2. The summed E-state index contributed by atoms with van der Waals surface area (Å²) in [6.07, 6.45) is 4.30. The van der Waals surface area contributed by atoms with Crippen molar-refractivity contribution in [2.75, 3.05) is 12.3 Å². The first-order valence-corrected chi connectivity index (χ1v) is 7.24. The van der Waals surface area contributed by atoms with Gasteiger partial charge in [-0.25, -0.2) is 0 Å². The fourth-order valence-corrected chi connectivity index (χ4v) is 2.73. The molecular weight excluding hydrogens is 214 g/mol. The smallest absolute Gasteiger partial charge is 0.0106 e. The molecule has 0 bridgehead atoms. The van der Waals surface area contributed by atoms with E-state index in [-0.39, 0.29) is 0 Å². The molecule has 0 amide bonds. The average Bonchev–Trinajstić information content (AvgIpc) is 3.10. The SMILES string of the molecule is CC(CC1CC1)NCCSc1ccccc1. The summed E-state index contributed by atoms with van der Waals surface area (Å²) < 4.78 is 0. The van der Waals surface area contributed by atoms with Crippen LogP contribution < -0.4 is 5.32 Å². The Balaban J connectivity index is 1.54. The van der Waals surface area contributed by atoms with Crippen molar-refractivity contribution in [2.45, 2.75) is 37.1 Å². The third-order valence-corrected chi connectivity index (χ3v) is 4.00. The lowest BCUT2D eigenvalue weighted by Gasteiger charge is -2.12. The molecule has 16 heavy (non-hydrogen) atoms. The van der Waals surface area contributed by atoms with Crippen LogP contribution in [0.5, 0.6) is 0 Å². The minimum Gasteiger partial charge on any atom is -0.313 e. The first-order valence-electron chi connectivity index (χ1n) is 6.26. The van der Waals surface area contributed by atoms with Gasteiger partial charge >= 0.3 is 0 Å². The van der Waals surface area contributed by atoms with Gasteiger partial charge < -0.3 is 5.32 Å². The normalized spacial score (nSPS) is 17.3. The lowest BCUT2D eigenvalue weighted by atomic mass is 10.2. The van der Waals surface area contributed by atoms with Gasteiger partial charge in [0, 0.05) is 23.2 Å². The molecule has 1 fully saturated rings. The third-order valence-electron chi connectivity index (χ3n) is 2.99. The van der Waals surface area contributed by atoms with E-state index < -0.39 is 0 Å². The van der Waals surface area contributed by atoms with Crippen LogP contribution in [0.25, 0.3) is 0 Å². The molecule has 1 saturated carbocycles. The molecule has 1 atom stereocenters. The van der Waals surface area contributed by atoms with Crippen molar-refractivity contribution >= 4 is 11.8 Å². The van der Waals surface area contributed by atoms with Gasteiger partial charge in [-0.3, -0.25) is 0 Å². The molecule has 2 rings (SSSR count). The van der Waals surface area contributed by atoms with E-state index in [0.717, 1.165) is 12.5 Å². The summed E-state index contributed by atoms with van der Waals surface area (Å²) in [4.78, 5) is 1.37. The van der Waals surface area contributed by atoms with Crippen LogP contribution in [-0.4, -0.2) is 18.3 Å². The highest BCUT2D eigenvalue weighted by molar-refractivity contribution is 7.99. The van der Waals surface area contributed by atoms with Crippen LogP contribution in [0.2, 0.25) is 0 Å². The minimum absolute atomic E-state index is 0.698. The van der Waals surface area contributed by atoms with Crippen LogP contribution in [0.15, 0.2) is 35.2 Å². The van der Waals surface area contributed by atoms with Gasteiger partial charge in [-0.15, -0.1) is 11.8 Å². The zero-order valence-electron chi connectivity index (χ0n) is 9.99. The molecule has 1 N–H and O–H groups in total. The van der Waals surface area contributed by atoms with Crippen LogP contribution in [-0.2, 0) is 0 Å². The molecule has 1 aromatic carbocycles. The average molecular weight is 235 g/mol. The monoisotopic (exact) mass is 235 g/mol. The molecule has 1 aliphatic rings.